The number of fused-ring (bicyclic) bond motifs is 4. The van der Waals surface area contributed by atoms with E-state index in [-0.39, 0.29) is 41.3 Å². The number of benzene rings is 1. The molecule has 5 rings (SSSR count). The van der Waals surface area contributed by atoms with Crippen LogP contribution in [0.5, 0.6) is 11.5 Å². The number of nitrogens with one attached hydrogen (secondary N) is 1. The largest absolute Gasteiger partial charge is 0.511 e. The van der Waals surface area contributed by atoms with Crippen LogP contribution in [-0.4, -0.2) is 52.6 Å². The number of rotatable bonds is 3. The maximum absolute atomic E-state index is 13.0. The van der Waals surface area contributed by atoms with Crippen LogP contribution >= 0.6 is 0 Å². The molecule has 35 heavy (non-hydrogen) atoms. The summed E-state index contributed by atoms with van der Waals surface area (Å²) in [5.41, 5.74) is 6.21. The van der Waals surface area contributed by atoms with Gasteiger partial charge in [0.2, 0.25) is 5.75 Å². The predicted molar refractivity (Wildman–Crippen MR) is 113 cm³/mol. The van der Waals surface area contributed by atoms with E-state index in [9.17, 15) is 32.7 Å². The van der Waals surface area contributed by atoms with Crippen LogP contribution in [-0.2, 0) is 16.0 Å². The summed E-state index contributed by atoms with van der Waals surface area (Å²) in [5.74, 6) is -3.29. The first-order valence-electron chi connectivity index (χ1n) is 10.8. The van der Waals surface area contributed by atoms with Gasteiger partial charge in [-0.15, -0.1) is 0 Å². The number of carbonyl (C=O) groups excluding carboxylic acids is 1. The van der Waals surface area contributed by atoms with Crippen LogP contribution in [0.3, 0.4) is 0 Å². The highest BCUT2D eigenvalue weighted by Crippen LogP contribution is 2.48. The number of aromatic nitrogens is 1. The second kappa shape index (κ2) is 7.90. The van der Waals surface area contributed by atoms with E-state index in [4.69, 9.17) is 15.6 Å². The van der Waals surface area contributed by atoms with Crippen LogP contribution in [0.15, 0.2) is 23.0 Å². The van der Waals surface area contributed by atoms with Crippen molar-refractivity contribution in [1.29, 1.82) is 0 Å². The summed E-state index contributed by atoms with van der Waals surface area (Å²) in [4.78, 5) is 39.6. The monoisotopic (exact) mass is 495 g/mol. The van der Waals surface area contributed by atoms with Crippen molar-refractivity contribution in [3.05, 3.63) is 39.7 Å². The third-order valence-electron chi connectivity index (χ3n) is 6.85. The maximum atomic E-state index is 13.0. The van der Waals surface area contributed by atoms with Crippen molar-refractivity contribution < 1.29 is 42.4 Å². The van der Waals surface area contributed by atoms with E-state index in [2.05, 4.69) is 9.72 Å². The number of anilines is 1. The minimum atomic E-state index is -5.22. The molecule has 186 valence electrons. The Labute approximate surface area is 195 Å². The van der Waals surface area contributed by atoms with Gasteiger partial charge in [-0.1, -0.05) is 6.07 Å². The minimum Gasteiger partial charge on any atom is -0.504 e. The van der Waals surface area contributed by atoms with Gasteiger partial charge in [0, 0.05) is 41.5 Å². The Hall–Kier alpha value is -3.74. The SMILES string of the molecule is N[C@@H]1[C@H]2CN(c3ccc4c(c3)C(OC(=O)C(F)(F)F)CCc3c-4[nH]c(=O)c(OC(=O)O)c3O)C[C@@H]12. The van der Waals surface area contributed by atoms with E-state index < -0.39 is 41.5 Å². The lowest BCUT2D eigenvalue weighted by atomic mass is 9.98. The van der Waals surface area contributed by atoms with E-state index in [1.807, 2.05) is 4.90 Å². The molecule has 4 atom stereocenters. The lowest BCUT2D eigenvalue weighted by Gasteiger charge is -2.25. The molecule has 1 unspecified atom stereocenters. The molecule has 10 nitrogen and oxygen atoms in total. The van der Waals surface area contributed by atoms with Gasteiger partial charge in [-0.3, -0.25) is 4.79 Å². The van der Waals surface area contributed by atoms with Crippen LogP contribution in [0, 0.1) is 11.8 Å². The molecular weight excluding hydrogens is 475 g/mol. The third kappa shape index (κ3) is 3.95. The van der Waals surface area contributed by atoms with Crippen LogP contribution in [0.2, 0.25) is 0 Å². The highest BCUT2D eigenvalue weighted by atomic mass is 19.4. The van der Waals surface area contributed by atoms with Gasteiger partial charge >= 0.3 is 18.3 Å². The quantitative estimate of drug-likeness (QED) is 0.469. The van der Waals surface area contributed by atoms with Crippen molar-refractivity contribution >= 4 is 17.8 Å². The van der Waals surface area contributed by atoms with E-state index in [1.165, 1.54) is 0 Å². The molecule has 2 heterocycles. The number of H-pyrrole nitrogens is 1. The van der Waals surface area contributed by atoms with E-state index >= 15 is 0 Å². The molecule has 3 aliphatic rings. The molecule has 13 heteroatoms. The van der Waals surface area contributed by atoms with Gasteiger partial charge in [-0.2, -0.15) is 13.2 Å². The van der Waals surface area contributed by atoms with Crippen molar-refractivity contribution in [1.82, 2.24) is 4.98 Å². The Bertz CT molecular complexity index is 1280. The fraction of sp³-hybridized carbons (Fsp3) is 0.409. The zero-order chi connectivity index (χ0) is 25.2. The van der Waals surface area contributed by atoms with Gasteiger partial charge in [-0.25, -0.2) is 9.59 Å². The zero-order valence-electron chi connectivity index (χ0n) is 18.0. The van der Waals surface area contributed by atoms with Crippen LogP contribution in [0.25, 0.3) is 11.3 Å². The first-order valence-corrected chi connectivity index (χ1v) is 10.8. The number of nitrogens with two attached hydrogens (primary N) is 1. The second-order valence-electron chi connectivity index (χ2n) is 8.87. The predicted octanol–water partition coefficient (Wildman–Crippen LogP) is 2.29. The number of pyridine rings is 1. The topological polar surface area (TPSA) is 155 Å². The second-order valence-corrected chi connectivity index (χ2v) is 8.87. The Morgan fingerprint density at radius 2 is 1.89 bits per heavy atom. The first-order chi connectivity index (χ1) is 16.5. The summed E-state index contributed by atoms with van der Waals surface area (Å²) in [7, 11) is 0. The number of carbonyl (C=O) groups is 2. The molecule has 2 aromatic rings. The van der Waals surface area contributed by atoms with Crippen molar-refractivity contribution in [2.75, 3.05) is 18.0 Å². The summed E-state index contributed by atoms with van der Waals surface area (Å²) in [6, 6.07) is 5.01. The number of alkyl halides is 3. The zero-order valence-corrected chi connectivity index (χ0v) is 18.0. The summed E-state index contributed by atoms with van der Waals surface area (Å²) < 4.78 is 48.2. The molecule has 1 aromatic heterocycles. The molecule has 0 spiro atoms. The number of hydrogen-bond acceptors (Lipinski definition) is 8. The fourth-order valence-electron chi connectivity index (χ4n) is 5.04. The Morgan fingerprint density at radius 3 is 2.51 bits per heavy atom. The van der Waals surface area contributed by atoms with E-state index in [0.29, 0.717) is 30.6 Å². The molecule has 0 bridgehead atoms. The Kier molecular flexibility index (Phi) is 5.20. The molecule has 1 aromatic carbocycles. The van der Waals surface area contributed by atoms with Gasteiger partial charge in [0.15, 0.2) is 5.75 Å². The molecule has 1 saturated carbocycles. The number of nitrogens with zero attached hydrogens (tertiary/aromatic N) is 1. The number of piperidine rings is 1. The third-order valence-corrected chi connectivity index (χ3v) is 6.85. The summed E-state index contributed by atoms with van der Waals surface area (Å²) in [6.45, 7) is 1.36. The van der Waals surface area contributed by atoms with E-state index in [1.54, 1.807) is 18.2 Å². The summed E-state index contributed by atoms with van der Waals surface area (Å²) >= 11 is 0. The van der Waals surface area contributed by atoms with Crippen molar-refractivity contribution in [3.8, 4) is 22.8 Å². The lowest BCUT2D eigenvalue weighted by molar-refractivity contribution is -0.205. The number of aromatic hydroxyl groups is 1. The van der Waals surface area contributed by atoms with Gasteiger partial charge < -0.3 is 35.3 Å². The lowest BCUT2D eigenvalue weighted by Crippen LogP contribution is -2.29. The van der Waals surface area contributed by atoms with Gasteiger partial charge in [-0.05, 0) is 36.8 Å². The molecule has 0 amide bonds. The van der Waals surface area contributed by atoms with Crippen molar-refractivity contribution in [2.45, 2.75) is 31.2 Å². The summed E-state index contributed by atoms with van der Waals surface area (Å²) in [5, 5.41) is 19.4. The molecule has 0 radical (unpaired) electrons. The van der Waals surface area contributed by atoms with Gasteiger partial charge in [0.1, 0.15) is 6.10 Å². The van der Waals surface area contributed by atoms with Crippen LogP contribution < -0.4 is 20.9 Å². The number of esters is 1. The highest BCUT2D eigenvalue weighted by Gasteiger charge is 2.53. The molecule has 2 fully saturated rings. The average molecular weight is 495 g/mol. The molecule has 2 aliphatic carbocycles. The van der Waals surface area contributed by atoms with Gasteiger partial charge in [0.05, 0.1) is 5.69 Å². The number of carboxylic acid groups (broad SMARTS) is 1. The van der Waals surface area contributed by atoms with Crippen LogP contribution in [0.4, 0.5) is 23.7 Å². The molecular formula is C22H20F3N3O7. The average Bonchev–Trinajstić information content (AvgIpc) is 3.21. The van der Waals surface area contributed by atoms with Crippen LogP contribution in [0.1, 0.15) is 23.7 Å². The summed E-state index contributed by atoms with van der Waals surface area (Å²) in [6.07, 6.45) is -8.71. The highest BCUT2D eigenvalue weighted by molar-refractivity contribution is 5.78. The smallest absolute Gasteiger partial charge is 0.504 e. The normalized spacial score (nSPS) is 24.6. The van der Waals surface area contributed by atoms with Gasteiger partial charge in [0.25, 0.3) is 5.56 Å². The molecule has 1 aliphatic heterocycles. The van der Waals surface area contributed by atoms with Crippen molar-refractivity contribution in [2.24, 2.45) is 17.6 Å². The fourth-order valence-corrected chi connectivity index (χ4v) is 5.04. The minimum absolute atomic E-state index is 0.0498. The number of hydrogen-bond donors (Lipinski definition) is 4. The Balaban J connectivity index is 1.60. The molecule has 5 N–H and O–H groups in total. The van der Waals surface area contributed by atoms with E-state index in [0.717, 1.165) is 0 Å². The first kappa shape index (κ1) is 23.0. The standard InChI is InChI=1S/C22H20F3N3O7/c23-22(24,25)20(31)34-14-4-3-10-16(27-19(30)18(17(10)29)35-21(32)33)9-2-1-8(5-11(9)14)28-6-12-13(7-28)15(12)26/h1-2,5,12-15H,3-4,6-7,26H2,(H,32,33)(H2,27,29,30)/t12-,13+,14?,15+. The molecule has 1 saturated heterocycles. The maximum Gasteiger partial charge on any atom is 0.511 e. The number of aromatic amines is 1. The number of ether oxygens (including phenoxy) is 2. The van der Waals surface area contributed by atoms with Crippen molar-refractivity contribution in [3.63, 3.8) is 0 Å². The Morgan fingerprint density at radius 1 is 1.20 bits per heavy atom. The number of halogens is 3.